The number of nitrogens with zero attached hydrogens (tertiary/aromatic N) is 2. The van der Waals surface area contributed by atoms with Gasteiger partial charge in [0.1, 0.15) is 0 Å². The van der Waals surface area contributed by atoms with Crippen molar-refractivity contribution in [1.82, 2.24) is 10.2 Å². The van der Waals surface area contributed by atoms with E-state index in [9.17, 15) is 0 Å². The summed E-state index contributed by atoms with van der Waals surface area (Å²) in [5, 5.41) is 4.43. The van der Waals surface area contributed by atoms with E-state index in [1.165, 1.54) is 5.56 Å². The molecule has 1 atom stereocenters. The van der Waals surface area contributed by atoms with E-state index in [2.05, 4.69) is 41.2 Å². The fourth-order valence-electron chi connectivity index (χ4n) is 3.95. The molecule has 1 unspecified atom stereocenters. The summed E-state index contributed by atoms with van der Waals surface area (Å²) in [6.07, 6.45) is 3.26. The average molecular weight is 410 g/mol. The minimum Gasteiger partial charge on any atom is -0.382 e. The van der Waals surface area contributed by atoms with Crippen molar-refractivity contribution >= 4 is 17.6 Å². The van der Waals surface area contributed by atoms with Crippen molar-refractivity contribution in [3.8, 4) is 0 Å². The lowest BCUT2D eigenvalue weighted by Gasteiger charge is -2.34. The van der Waals surface area contributed by atoms with Gasteiger partial charge >= 0.3 is 0 Å². The molecule has 0 radical (unpaired) electrons. The van der Waals surface area contributed by atoms with Crippen LogP contribution in [-0.2, 0) is 14.9 Å². The van der Waals surface area contributed by atoms with Gasteiger partial charge in [0, 0.05) is 50.1 Å². The molecule has 1 aromatic rings. The molecule has 0 aromatic heterocycles. The van der Waals surface area contributed by atoms with Crippen molar-refractivity contribution in [2.75, 3.05) is 53.6 Å². The lowest BCUT2D eigenvalue weighted by atomic mass is 9.76. The van der Waals surface area contributed by atoms with Gasteiger partial charge in [0.2, 0.25) is 0 Å². The zero-order valence-electron chi connectivity index (χ0n) is 17.8. The lowest BCUT2D eigenvalue weighted by molar-refractivity contribution is 0.0536. The van der Waals surface area contributed by atoms with E-state index in [-0.39, 0.29) is 5.41 Å². The monoisotopic (exact) mass is 409 g/mol. The smallest absolute Gasteiger partial charge is 0.193 e. The number of hydrogen-bond donors (Lipinski definition) is 1. The van der Waals surface area contributed by atoms with E-state index in [0.29, 0.717) is 19.1 Å². The molecule has 1 aliphatic heterocycles. The summed E-state index contributed by atoms with van der Waals surface area (Å²) in [5.41, 5.74) is 1.40. The quantitative estimate of drug-likeness (QED) is 0.361. The summed E-state index contributed by atoms with van der Waals surface area (Å²) in [4.78, 5) is 6.89. The van der Waals surface area contributed by atoms with Crippen molar-refractivity contribution in [3.63, 3.8) is 0 Å². The summed E-state index contributed by atoms with van der Waals surface area (Å²) in [5.74, 6) is 1.54. The van der Waals surface area contributed by atoms with Crippen molar-refractivity contribution in [1.29, 1.82) is 0 Å². The summed E-state index contributed by atoms with van der Waals surface area (Å²) in [6, 6.07) is 8.28. The molecule has 1 saturated heterocycles. The second-order valence-electron chi connectivity index (χ2n) is 7.56. The van der Waals surface area contributed by atoms with E-state index in [1.54, 1.807) is 7.11 Å². The summed E-state index contributed by atoms with van der Waals surface area (Å²) in [7, 11) is 3.57. The first-order valence-corrected chi connectivity index (χ1v) is 10.7. The van der Waals surface area contributed by atoms with Crippen LogP contribution < -0.4 is 5.32 Å². The molecule has 0 spiro atoms. The molecule has 1 fully saturated rings. The highest BCUT2D eigenvalue weighted by Crippen LogP contribution is 2.32. The van der Waals surface area contributed by atoms with Crippen LogP contribution in [0.3, 0.4) is 0 Å². The molecule has 1 aliphatic rings. The maximum Gasteiger partial charge on any atom is 0.193 e. The Hall–Kier alpha value is -1.30. The lowest BCUT2D eigenvalue weighted by Crippen LogP contribution is -2.46. The van der Waals surface area contributed by atoms with Crippen LogP contribution in [0.4, 0.5) is 0 Å². The number of guanidine groups is 1. The third-order valence-electron chi connectivity index (χ3n) is 5.98. The van der Waals surface area contributed by atoms with Gasteiger partial charge in [0.15, 0.2) is 5.96 Å². The van der Waals surface area contributed by atoms with Gasteiger partial charge in [-0.15, -0.1) is 0 Å². The van der Waals surface area contributed by atoms with Gasteiger partial charge in [-0.3, -0.25) is 4.99 Å². The number of methoxy groups -OCH3 is 1. The molecular weight excluding hydrogens is 374 g/mol. The zero-order chi connectivity index (χ0) is 20.4. The minimum atomic E-state index is 0.0723. The number of halogens is 1. The highest BCUT2D eigenvalue weighted by atomic mass is 35.5. The molecule has 0 saturated carbocycles. The fourth-order valence-corrected chi connectivity index (χ4v) is 4.07. The first-order chi connectivity index (χ1) is 13.6. The topological polar surface area (TPSA) is 46.1 Å². The number of benzene rings is 1. The van der Waals surface area contributed by atoms with Crippen molar-refractivity contribution in [2.45, 2.75) is 38.5 Å². The van der Waals surface area contributed by atoms with Crippen LogP contribution in [0.15, 0.2) is 29.3 Å². The van der Waals surface area contributed by atoms with Gasteiger partial charge in [0.05, 0.1) is 19.8 Å². The molecular formula is C22H36ClN3O2. The van der Waals surface area contributed by atoms with Gasteiger partial charge in [-0.2, -0.15) is 0 Å². The molecule has 2 rings (SSSR count). The molecule has 0 amide bonds. The number of likely N-dealkylation sites (tertiary alicyclic amines) is 1. The van der Waals surface area contributed by atoms with Crippen LogP contribution in [0, 0.1) is 5.92 Å². The molecule has 0 bridgehead atoms. The van der Waals surface area contributed by atoms with Crippen LogP contribution in [0.1, 0.15) is 38.7 Å². The number of ether oxygens (including phenoxy) is 2. The van der Waals surface area contributed by atoms with Crippen LogP contribution in [0.5, 0.6) is 0 Å². The van der Waals surface area contributed by atoms with Gasteiger partial charge in [-0.25, -0.2) is 0 Å². The standard InChI is InChI=1S/C22H36ClN3O2/c1-5-22(6-2,19-7-9-20(23)10-8-19)17-25-21(24-3)26-12-11-18(15-26)16-28-14-13-27-4/h7-10,18H,5-6,11-17H2,1-4H3,(H,24,25). The zero-order valence-corrected chi connectivity index (χ0v) is 18.6. The summed E-state index contributed by atoms with van der Waals surface area (Å²) >= 11 is 6.09. The van der Waals surface area contributed by atoms with E-state index in [4.69, 9.17) is 21.1 Å². The van der Waals surface area contributed by atoms with Crippen molar-refractivity contribution < 1.29 is 9.47 Å². The second-order valence-corrected chi connectivity index (χ2v) is 8.00. The number of nitrogens with one attached hydrogen (secondary N) is 1. The normalized spacial score (nSPS) is 18.0. The number of hydrogen-bond acceptors (Lipinski definition) is 3. The number of aliphatic imine (C=N–C) groups is 1. The van der Waals surface area contributed by atoms with Crippen molar-refractivity contribution in [2.24, 2.45) is 10.9 Å². The maximum atomic E-state index is 6.09. The van der Waals surface area contributed by atoms with Crippen LogP contribution >= 0.6 is 11.6 Å². The Kier molecular flexibility index (Phi) is 9.56. The molecule has 1 N–H and O–H groups in total. The van der Waals surface area contributed by atoms with Crippen molar-refractivity contribution in [3.05, 3.63) is 34.9 Å². The summed E-state index contributed by atoms with van der Waals surface area (Å²) < 4.78 is 10.8. The Morgan fingerprint density at radius 2 is 1.96 bits per heavy atom. The highest BCUT2D eigenvalue weighted by molar-refractivity contribution is 6.30. The van der Waals surface area contributed by atoms with Crippen LogP contribution in [0.2, 0.25) is 5.02 Å². The van der Waals surface area contributed by atoms with Crippen LogP contribution in [-0.4, -0.2) is 64.5 Å². The average Bonchev–Trinajstić information content (AvgIpc) is 3.19. The molecule has 1 heterocycles. The predicted molar refractivity (Wildman–Crippen MR) is 117 cm³/mol. The fraction of sp³-hybridized carbons (Fsp3) is 0.682. The minimum absolute atomic E-state index is 0.0723. The molecule has 158 valence electrons. The van der Waals surface area contributed by atoms with Gasteiger partial charge in [-0.1, -0.05) is 37.6 Å². The van der Waals surface area contributed by atoms with Gasteiger partial charge in [-0.05, 0) is 37.0 Å². The van der Waals surface area contributed by atoms with E-state index in [0.717, 1.165) is 56.5 Å². The molecule has 6 heteroatoms. The Balaban J connectivity index is 1.93. The Bertz CT molecular complexity index is 602. The highest BCUT2D eigenvalue weighted by Gasteiger charge is 2.30. The molecule has 0 aliphatic carbocycles. The SMILES string of the molecule is CCC(CC)(CNC(=NC)N1CCC(COCCOC)C1)c1ccc(Cl)cc1. The first-order valence-electron chi connectivity index (χ1n) is 10.4. The Labute approximate surface area is 175 Å². The Morgan fingerprint density at radius 3 is 2.57 bits per heavy atom. The largest absolute Gasteiger partial charge is 0.382 e. The molecule has 1 aromatic carbocycles. The third-order valence-corrected chi connectivity index (χ3v) is 6.23. The van der Waals surface area contributed by atoms with Gasteiger partial charge < -0.3 is 19.7 Å². The maximum absolute atomic E-state index is 6.09. The van der Waals surface area contributed by atoms with E-state index < -0.39 is 0 Å². The summed E-state index contributed by atoms with van der Waals surface area (Å²) in [6.45, 7) is 9.48. The van der Waals surface area contributed by atoms with Gasteiger partial charge in [0.25, 0.3) is 0 Å². The van der Waals surface area contributed by atoms with Crippen LogP contribution in [0.25, 0.3) is 0 Å². The van der Waals surface area contributed by atoms with E-state index in [1.807, 2.05) is 19.2 Å². The predicted octanol–water partition coefficient (Wildman–Crippen LogP) is 3.96. The second kappa shape index (κ2) is 11.6. The molecule has 5 nitrogen and oxygen atoms in total. The Morgan fingerprint density at radius 1 is 1.25 bits per heavy atom. The van der Waals surface area contributed by atoms with E-state index >= 15 is 0 Å². The first kappa shape index (κ1) is 23.0. The molecule has 28 heavy (non-hydrogen) atoms. The number of rotatable bonds is 10. The third kappa shape index (κ3) is 6.10.